The van der Waals surface area contributed by atoms with Crippen molar-refractivity contribution in [1.29, 1.82) is 0 Å². The molecular weight excluding hydrogens is 503 g/mol. The van der Waals surface area contributed by atoms with Gasteiger partial charge in [-0.25, -0.2) is 4.98 Å². The van der Waals surface area contributed by atoms with E-state index < -0.39 is 0 Å². The molecule has 0 radical (unpaired) electrons. The summed E-state index contributed by atoms with van der Waals surface area (Å²) < 4.78 is 16.6. The third-order valence-corrected chi connectivity index (χ3v) is 5.82. The molecule has 7 nitrogen and oxygen atoms in total. The zero-order chi connectivity index (χ0) is 20.2. The van der Waals surface area contributed by atoms with Crippen LogP contribution in [0.3, 0.4) is 0 Å². The van der Waals surface area contributed by atoms with Crippen molar-refractivity contribution in [1.82, 2.24) is 15.2 Å². The first-order valence-corrected chi connectivity index (χ1v) is 11.1. The van der Waals surface area contributed by atoms with Gasteiger partial charge in [-0.2, -0.15) is 0 Å². The van der Waals surface area contributed by atoms with Gasteiger partial charge in [-0.15, -0.1) is 35.3 Å². The number of thiazole rings is 1. The van der Waals surface area contributed by atoms with Crippen LogP contribution in [0.2, 0.25) is 0 Å². The Bertz CT molecular complexity index is 582. The molecule has 9 heteroatoms. The lowest BCUT2D eigenvalue weighted by atomic mass is 10.0. The van der Waals surface area contributed by atoms with Crippen LogP contribution in [0.4, 0.5) is 0 Å². The van der Waals surface area contributed by atoms with Crippen LogP contribution < -0.4 is 5.32 Å². The van der Waals surface area contributed by atoms with Crippen molar-refractivity contribution < 1.29 is 14.2 Å². The number of rotatable bonds is 11. The zero-order valence-electron chi connectivity index (χ0n) is 18.2. The zero-order valence-corrected chi connectivity index (χ0v) is 21.3. The highest BCUT2D eigenvalue weighted by molar-refractivity contribution is 14.0. The molecule has 0 bridgehead atoms. The number of ether oxygens (including phenoxy) is 3. The van der Waals surface area contributed by atoms with Crippen LogP contribution in [0.15, 0.2) is 10.4 Å². The second-order valence-corrected chi connectivity index (χ2v) is 8.02. The lowest BCUT2D eigenvalue weighted by Crippen LogP contribution is -2.38. The minimum Gasteiger partial charge on any atom is -0.381 e. The number of hydrogen-bond donors (Lipinski definition) is 1. The molecule has 1 atom stereocenters. The molecule has 1 fully saturated rings. The van der Waals surface area contributed by atoms with Crippen molar-refractivity contribution in [2.75, 3.05) is 53.7 Å². The van der Waals surface area contributed by atoms with E-state index in [0.717, 1.165) is 82.0 Å². The monoisotopic (exact) mass is 540 g/mol. The highest BCUT2D eigenvalue weighted by Crippen LogP contribution is 2.21. The van der Waals surface area contributed by atoms with Crippen molar-refractivity contribution >= 4 is 41.3 Å². The molecule has 2 heterocycles. The third kappa shape index (κ3) is 9.91. The molecule has 1 unspecified atom stereocenters. The molecule has 2 rings (SSSR count). The number of methoxy groups -OCH3 is 1. The van der Waals surface area contributed by atoms with Crippen molar-refractivity contribution in [2.45, 2.75) is 45.8 Å². The minimum atomic E-state index is 0. The summed E-state index contributed by atoms with van der Waals surface area (Å²) in [7, 11) is 3.75. The Morgan fingerprint density at radius 3 is 2.90 bits per heavy atom. The maximum Gasteiger partial charge on any atom is 0.194 e. The summed E-state index contributed by atoms with van der Waals surface area (Å²) in [6.07, 6.45) is 3.20. The number of aromatic nitrogens is 1. The van der Waals surface area contributed by atoms with Crippen LogP contribution in [0.25, 0.3) is 0 Å². The summed E-state index contributed by atoms with van der Waals surface area (Å²) in [5.74, 6) is 1.56. The second-order valence-electron chi connectivity index (χ2n) is 7.13. The van der Waals surface area contributed by atoms with Gasteiger partial charge in [0.15, 0.2) is 5.96 Å². The first kappa shape index (κ1) is 26.5. The number of halogens is 1. The number of guanidine groups is 1. The molecule has 0 aromatic carbocycles. The first-order valence-electron chi connectivity index (χ1n) is 10.3. The van der Waals surface area contributed by atoms with E-state index in [1.54, 1.807) is 18.4 Å². The number of nitrogens with zero attached hydrogens (tertiary/aromatic N) is 3. The fraction of sp³-hybridized carbons (Fsp3) is 0.800. The number of nitrogens with one attached hydrogen (secondary N) is 1. The van der Waals surface area contributed by atoms with Gasteiger partial charge in [0.05, 0.1) is 12.2 Å². The summed E-state index contributed by atoms with van der Waals surface area (Å²) in [6, 6.07) is 0. The van der Waals surface area contributed by atoms with E-state index in [0.29, 0.717) is 5.92 Å². The Labute approximate surface area is 196 Å². The summed E-state index contributed by atoms with van der Waals surface area (Å²) in [5, 5.41) is 6.46. The maximum absolute atomic E-state index is 5.83. The average molecular weight is 541 g/mol. The van der Waals surface area contributed by atoms with Gasteiger partial charge in [0.25, 0.3) is 0 Å². The molecular formula is C20H37IN4O3S. The Balaban J connectivity index is 0.00000420. The molecule has 0 amide bonds. The normalized spacial score (nSPS) is 16.3. The lowest BCUT2D eigenvalue weighted by molar-refractivity contribution is 0.0205. The van der Waals surface area contributed by atoms with E-state index in [1.165, 1.54) is 0 Å². The van der Waals surface area contributed by atoms with Gasteiger partial charge >= 0.3 is 0 Å². The fourth-order valence-electron chi connectivity index (χ4n) is 2.98. The maximum atomic E-state index is 5.83. The quantitative estimate of drug-likeness (QED) is 0.200. The Morgan fingerprint density at radius 2 is 2.21 bits per heavy atom. The van der Waals surface area contributed by atoms with Crippen LogP contribution in [-0.2, 0) is 20.8 Å². The summed E-state index contributed by atoms with van der Waals surface area (Å²) >= 11 is 1.64. The number of aliphatic imine (C=N–C) groups is 1. The highest BCUT2D eigenvalue weighted by Gasteiger charge is 2.14. The molecule has 1 aliphatic heterocycles. The summed E-state index contributed by atoms with van der Waals surface area (Å²) in [6.45, 7) is 9.77. The molecule has 1 aromatic rings. The van der Waals surface area contributed by atoms with Crippen molar-refractivity contribution in [3.63, 3.8) is 0 Å². The highest BCUT2D eigenvalue weighted by atomic mass is 127. The molecule has 0 spiro atoms. The van der Waals surface area contributed by atoms with Gasteiger partial charge in [0.1, 0.15) is 11.1 Å². The largest absolute Gasteiger partial charge is 0.381 e. The van der Waals surface area contributed by atoms with E-state index >= 15 is 0 Å². The predicted octanol–water partition coefficient (Wildman–Crippen LogP) is 3.70. The lowest BCUT2D eigenvalue weighted by Gasteiger charge is -2.22. The Morgan fingerprint density at radius 1 is 1.45 bits per heavy atom. The fourth-order valence-corrected chi connectivity index (χ4v) is 3.83. The molecule has 1 saturated heterocycles. The van der Waals surface area contributed by atoms with Crippen LogP contribution in [0.5, 0.6) is 0 Å². The predicted molar refractivity (Wildman–Crippen MR) is 129 cm³/mol. The SMILES string of the molecule is CCNC(=NCCCOCC1CCOCC1)N(C)Cc1csc(C(C)OC)n1.I. The van der Waals surface area contributed by atoms with Crippen LogP contribution in [0, 0.1) is 5.92 Å². The summed E-state index contributed by atoms with van der Waals surface area (Å²) in [4.78, 5) is 11.5. The van der Waals surface area contributed by atoms with E-state index in [2.05, 4.69) is 27.5 Å². The van der Waals surface area contributed by atoms with Gasteiger partial charge < -0.3 is 24.4 Å². The van der Waals surface area contributed by atoms with E-state index in [4.69, 9.17) is 19.2 Å². The Hall–Kier alpha value is -0.490. The van der Waals surface area contributed by atoms with Crippen LogP contribution in [0.1, 0.15) is 49.9 Å². The smallest absolute Gasteiger partial charge is 0.194 e. The average Bonchev–Trinajstić information content (AvgIpc) is 3.18. The molecule has 1 aromatic heterocycles. The molecule has 168 valence electrons. The Kier molecular flexibility index (Phi) is 14.0. The van der Waals surface area contributed by atoms with Gasteiger partial charge in [-0.1, -0.05) is 0 Å². The van der Waals surface area contributed by atoms with Gasteiger partial charge in [-0.3, -0.25) is 4.99 Å². The molecule has 29 heavy (non-hydrogen) atoms. The van der Waals surface area contributed by atoms with Crippen LogP contribution in [-0.4, -0.2) is 69.5 Å². The standard InChI is InChI=1S/C20H36N4O3S.HI/c1-5-21-20(22-9-6-10-27-14-17-7-11-26-12-8-17)24(3)13-18-15-28-19(23-18)16(2)25-4;/h15-17H,5-14H2,1-4H3,(H,21,22);1H. The minimum absolute atomic E-state index is 0. The second kappa shape index (κ2) is 15.3. The van der Waals surface area contributed by atoms with E-state index in [9.17, 15) is 0 Å². The summed E-state index contributed by atoms with van der Waals surface area (Å²) in [5.41, 5.74) is 1.04. The van der Waals surface area contributed by atoms with Crippen molar-refractivity contribution in [2.24, 2.45) is 10.9 Å². The first-order chi connectivity index (χ1) is 13.6. The molecule has 0 saturated carbocycles. The van der Waals surface area contributed by atoms with Gasteiger partial charge in [0.2, 0.25) is 0 Å². The van der Waals surface area contributed by atoms with E-state index in [-0.39, 0.29) is 30.1 Å². The van der Waals surface area contributed by atoms with Gasteiger partial charge in [0, 0.05) is 59.1 Å². The van der Waals surface area contributed by atoms with Crippen molar-refractivity contribution in [3.8, 4) is 0 Å². The molecule has 0 aliphatic carbocycles. The number of hydrogen-bond acceptors (Lipinski definition) is 6. The topological polar surface area (TPSA) is 68.2 Å². The van der Waals surface area contributed by atoms with Gasteiger partial charge in [-0.05, 0) is 39.0 Å². The molecule has 1 N–H and O–H groups in total. The van der Waals surface area contributed by atoms with Crippen molar-refractivity contribution in [3.05, 3.63) is 16.1 Å². The molecule has 1 aliphatic rings. The van der Waals surface area contributed by atoms with Crippen LogP contribution >= 0.6 is 35.3 Å². The van der Waals surface area contributed by atoms with E-state index in [1.807, 2.05) is 14.0 Å². The third-order valence-electron chi connectivity index (χ3n) is 4.77.